The first-order chi connectivity index (χ1) is 9.00. The highest BCUT2D eigenvalue weighted by Gasteiger charge is 2.19. The van der Waals surface area contributed by atoms with Gasteiger partial charge in [-0.1, -0.05) is 6.07 Å². The Balaban J connectivity index is 2.19. The smallest absolute Gasteiger partial charge is 0.182 e. The number of halogens is 1. The van der Waals surface area contributed by atoms with E-state index < -0.39 is 5.38 Å². The second-order valence-corrected chi connectivity index (χ2v) is 6.43. The monoisotopic (exact) mass is 295 g/mol. The number of carbonyl (C=O) groups excluding carboxylic acids is 1. The van der Waals surface area contributed by atoms with Crippen molar-refractivity contribution in [2.45, 2.75) is 39.1 Å². The molecule has 0 saturated carbocycles. The summed E-state index contributed by atoms with van der Waals surface area (Å²) in [4.78, 5) is 13.4. The van der Waals surface area contributed by atoms with E-state index in [0.29, 0.717) is 0 Å². The summed E-state index contributed by atoms with van der Waals surface area (Å²) < 4.78 is 2.20. The molecule has 0 aliphatic heterocycles. The van der Waals surface area contributed by atoms with Crippen LogP contribution in [0.2, 0.25) is 0 Å². The summed E-state index contributed by atoms with van der Waals surface area (Å²) in [5.74, 6) is 0.0112. The molecule has 0 N–H and O–H groups in total. The van der Waals surface area contributed by atoms with Crippen LogP contribution in [0.4, 0.5) is 0 Å². The molecule has 2 rings (SSSR count). The van der Waals surface area contributed by atoms with Crippen molar-refractivity contribution in [2.75, 3.05) is 0 Å². The van der Waals surface area contributed by atoms with Crippen molar-refractivity contribution in [1.82, 2.24) is 4.57 Å². The van der Waals surface area contributed by atoms with Crippen LogP contribution in [-0.4, -0.2) is 15.7 Å². The van der Waals surface area contributed by atoms with Crippen molar-refractivity contribution >= 4 is 28.7 Å². The van der Waals surface area contributed by atoms with Crippen LogP contribution in [0.25, 0.3) is 0 Å². The topological polar surface area (TPSA) is 22.0 Å². The Labute approximate surface area is 123 Å². The maximum atomic E-state index is 12.0. The van der Waals surface area contributed by atoms with Gasteiger partial charge in [-0.25, -0.2) is 0 Å². The lowest BCUT2D eigenvalue weighted by Gasteiger charge is -2.09. The Morgan fingerprint density at radius 1 is 1.47 bits per heavy atom. The van der Waals surface area contributed by atoms with Gasteiger partial charge in [-0.2, -0.15) is 0 Å². The molecule has 2 heterocycles. The van der Waals surface area contributed by atoms with Crippen molar-refractivity contribution in [3.8, 4) is 0 Å². The van der Waals surface area contributed by atoms with Crippen LogP contribution in [-0.2, 0) is 13.0 Å². The number of Topliss-reactive ketones (excluding diaryl/α,β-unsaturated/α-hetero) is 1. The van der Waals surface area contributed by atoms with Gasteiger partial charge in [-0.3, -0.25) is 4.79 Å². The number of aromatic nitrogens is 1. The van der Waals surface area contributed by atoms with Crippen LogP contribution in [0.3, 0.4) is 0 Å². The van der Waals surface area contributed by atoms with E-state index in [0.717, 1.165) is 29.9 Å². The Hall–Kier alpha value is -1.06. The van der Waals surface area contributed by atoms with Gasteiger partial charge in [0.25, 0.3) is 0 Å². The molecular weight excluding hydrogens is 278 g/mol. The van der Waals surface area contributed by atoms with Gasteiger partial charge in [0.1, 0.15) is 0 Å². The van der Waals surface area contributed by atoms with Crippen LogP contribution in [0.1, 0.15) is 33.5 Å². The molecule has 2 aromatic heterocycles. The summed E-state index contributed by atoms with van der Waals surface area (Å²) in [7, 11) is 0. The summed E-state index contributed by atoms with van der Waals surface area (Å²) in [6.07, 6.45) is 0.998. The van der Waals surface area contributed by atoms with Crippen LogP contribution >= 0.6 is 22.9 Å². The molecule has 2 nitrogen and oxygen atoms in total. The molecule has 0 aliphatic rings. The van der Waals surface area contributed by atoms with E-state index in [1.807, 2.05) is 19.9 Å². The Bertz CT molecular complexity index is 569. The highest BCUT2D eigenvalue weighted by atomic mass is 35.5. The van der Waals surface area contributed by atoms with Crippen LogP contribution < -0.4 is 0 Å². The van der Waals surface area contributed by atoms with Crippen molar-refractivity contribution in [1.29, 1.82) is 0 Å². The van der Waals surface area contributed by atoms with E-state index in [1.54, 1.807) is 18.3 Å². The Kier molecular flexibility index (Phi) is 4.48. The second kappa shape index (κ2) is 5.93. The predicted octanol–water partition coefficient (Wildman–Crippen LogP) is 4.22. The summed E-state index contributed by atoms with van der Waals surface area (Å²) in [5, 5.41) is 1.63. The first-order valence-electron chi connectivity index (χ1n) is 6.38. The van der Waals surface area contributed by atoms with E-state index in [9.17, 15) is 4.79 Å². The Morgan fingerprint density at radius 2 is 2.21 bits per heavy atom. The van der Waals surface area contributed by atoms with E-state index in [1.165, 1.54) is 4.88 Å². The molecule has 2 aromatic rings. The van der Waals surface area contributed by atoms with Gasteiger partial charge in [-0.05, 0) is 44.7 Å². The average molecular weight is 296 g/mol. The van der Waals surface area contributed by atoms with Crippen LogP contribution in [0, 0.1) is 13.8 Å². The number of aryl methyl sites for hydroxylation is 2. The Morgan fingerprint density at radius 3 is 2.79 bits per heavy atom. The molecule has 0 fully saturated rings. The first-order valence-corrected chi connectivity index (χ1v) is 7.69. The quantitative estimate of drug-likeness (QED) is 0.598. The van der Waals surface area contributed by atoms with E-state index >= 15 is 0 Å². The number of alkyl halides is 1. The molecule has 0 saturated heterocycles. The molecule has 19 heavy (non-hydrogen) atoms. The standard InChI is InChI=1S/C15H18ClNOS/c1-10-9-14(15(18)11(2)16)12(3)17(10)7-6-13-5-4-8-19-13/h4-5,8-9,11H,6-7H2,1-3H3. The third-order valence-electron chi connectivity index (χ3n) is 3.36. The molecular formula is C15H18ClNOS. The molecule has 0 aromatic carbocycles. The number of hydrogen-bond acceptors (Lipinski definition) is 2. The summed E-state index contributed by atoms with van der Waals surface area (Å²) >= 11 is 7.67. The maximum Gasteiger partial charge on any atom is 0.182 e. The molecule has 0 bridgehead atoms. The molecule has 0 radical (unpaired) electrons. The summed E-state index contributed by atoms with van der Waals surface area (Å²) in [5.41, 5.74) is 2.90. The van der Waals surface area contributed by atoms with E-state index in [4.69, 9.17) is 11.6 Å². The van der Waals surface area contributed by atoms with Crippen molar-refractivity contribution < 1.29 is 4.79 Å². The molecule has 0 spiro atoms. The third-order valence-corrected chi connectivity index (χ3v) is 4.50. The summed E-state index contributed by atoms with van der Waals surface area (Å²) in [6, 6.07) is 6.16. The zero-order chi connectivity index (χ0) is 14.0. The van der Waals surface area contributed by atoms with Gasteiger partial charge in [0.15, 0.2) is 5.78 Å². The third kappa shape index (κ3) is 3.10. The van der Waals surface area contributed by atoms with Gasteiger partial charge in [0.2, 0.25) is 0 Å². The number of ketones is 1. The average Bonchev–Trinajstić information content (AvgIpc) is 2.96. The minimum absolute atomic E-state index is 0.0112. The fraction of sp³-hybridized carbons (Fsp3) is 0.400. The molecule has 0 aliphatic carbocycles. The van der Waals surface area contributed by atoms with Crippen molar-refractivity contribution in [2.24, 2.45) is 0 Å². The van der Waals surface area contributed by atoms with Gasteiger partial charge in [-0.15, -0.1) is 22.9 Å². The maximum absolute atomic E-state index is 12.0. The minimum Gasteiger partial charge on any atom is -0.348 e. The van der Waals surface area contributed by atoms with Crippen molar-refractivity contribution in [3.05, 3.63) is 45.4 Å². The van der Waals surface area contributed by atoms with Crippen LogP contribution in [0.5, 0.6) is 0 Å². The highest BCUT2D eigenvalue weighted by molar-refractivity contribution is 7.09. The number of rotatable bonds is 5. The fourth-order valence-electron chi connectivity index (χ4n) is 2.29. The van der Waals surface area contributed by atoms with Gasteiger partial charge < -0.3 is 4.57 Å². The zero-order valence-corrected chi connectivity index (χ0v) is 13.0. The minimum atomic E-state index is -0.466. The van der Waals surface area contributed by atoms with Crippen LogP contribution in [0.15, 0.2) is 23.6 Å². The lowest BCUT2D eigenvalue weighted by atomic mass is 10.1. The normalized spacial score (nSPS) is 12.6. The molecule has 1 atom stereocenters. The van der Waals surface area contributed by atoms with E-state index in [-0.39, 0.29) is 5.78 Å². The molecule has 0 amide bonds. The molecule has 102 valence electrons. The number of carbonyl (C=O) groups is 1. The SMILES string of the molecule is Cc1cc(C(=O)C(C)Cl)c(C)n1CCc1cccs1. The second-order valence-electron chi connectivity index (χ2n) is 4.75. The number of hydrogen-bond donors (Lipinski definition) is 0. The highest BCUT2D eigenvalue weighted by Crippen LogP contribution is 2.20. The lowest BCUT2D eigenvalue weighted by molar-refractivity contribution is 0.0991. The largest absolute Gasteiger partial charge is 0.348 e. The number of nitrogens with zero attached hydrogens (tertiary/aromatic N) is 1. The van der Waals surface area contributed by atoms with Crippen molar-refractivity contribution in [3.63, 3.8) is 0 Å². The molecule has 4 heteroatoms. The zero-order valence-electron chi connectivity index (χ0n) is 11.4. The first kappa shape index (κ1) is 14.4. The number of thiophene rings is 1. The predicted molar refractivity (Wildman–Crippen MR) is 81.6 cm³/mol. The molecule has 1 unspecified atom stereocenters. The lowest BCUT2D eigenvalue weighted by Crippen LogP contribution is -2.12. The van der Waals surface area contributed by atoms with Gasteiger partial charge >= 0.3 is 0 Å². The van der Waals surface area contributed by atoms with Gasteiger partial charge in [0, 0.05) is 28.4 Å². The fourth-order valence-corrected chi connectivity index (χ4v) is 3.10. The summed E-state index contributed by atoms with van der Waals surface area (Å²) in [6.45, 7) is 6.66. The van der Waals surface area contributed by atoms with E-state index in [2.05, 4.69) is 22.1 Å². The van der Waals surface area contributed by atoms with Gasteiger partial charge in [0.05, 0.1) is 5.38 Å².